The predicted octanol–water partition coefficient (Wildman–Crippen LogP) is 4.25. The maximum absolute atomic E-state index is 10.5. The second-order valence-electron chi connectivity index (χ2n) is 3.40. The minimum Gasteiger partial charge on any atom is -0.458 e. The van der Waals surface area contributed by atoms with Crippen LogP contribution in [-0.4, -0.2) is 10.6 Å². The number of rotatable bonds is 5. The van der Waals surface area contributed by atoms with Crippen molar-refractivity contribution in [1.82, 2.24) is 0 Å². The minimum absolute atomic E-state index is 0.236. The lowest BCUT2D eigenvalue weighted by molar-refractivity contribution is 0.180. The molecule has 80 valence electrons. The summed E-state index contributed by atoms with van der Waals surface area (Å²) in [5, 5.41) is 0. The van der Waals surface area contributed by atoms with E-state index in [2.05, 4.69) is 32.9 Å². The van der Waals surface area contributed by atoms with E-state index in [-0.39, 0.29) is 3.98 Å². The number of carbonyl (C=O) groups excluding carboxylic acids is 1. The first-order valence-corrected chi connectivity index (χ1v) is 5.71. The standard InChI is InChI=1S/C11H17IO2/c1-9(2)5-4-6-10(3)7-8-14-11(12)13/h5-6H,4,7-8H2,1-3H3/b10-6+. The van der Waals surface area contributed by atoms with Crippen molar-refractivity contribution < 1.29 is 9.53 Å². The van der Waals surface area contributed by atoms with Gasteiger partial charge in [0.2, 0.25) is 0 Å². The van der Waals surface area contributed by atoms with Crippen molar-refractivity contribution in [3.05, 3.63) is 23.3 Å². The summed E-state index contributed by atoms with van der Waals surface area (Å²) < 4.78 is 4.60. The van der Waals surface area contributed by atoms with Gasteiger partial charge in [-0.25, -0.2) is 4.79 Å². The zero-order valence-electron chi connectivity index (χ0n) is 8.97. The van der Waals surface area contributed by atoms with Crippen LogP contribution in [0.3, 0.4) is 0 Å². The van der Waals surface area contributed by atoms with Crippen molar-refractivity contribution in [3.8, 4) is 0 Å². The van der Waals surface area contributed by atoms with Crippen molar-refractivity contribution >= 4 is 26.6 Å². The number of hydrogen-bond acceptors (Lipinski definition) is 2. The fraction of sp³-hybridized carbons (Fsp3) is 0.545. The molecule has 3 heteroatoms. The summed E-state index contributed by atoms with van der Waals surface area (Å²) in [5.74, 6) is 0. The number of halogens is 1. The van der Waals surface area contributed by atoms with E-state index in [0.717, 1.165) is 12.8 Å². The van der Waals surface area contributed by atoms with E-state index < -0.39 is 0 Å². The van der Waals surface area contributed by atoms with Crippen LogP contribution in [0.5, 0.6) is 0 Å². The monoisotopic (exact) mass is 308 g/mol. The SMILES string of the molecule is CC(C)=CC/C=C(\C)CCOC(=O)I. The van der Waals surface area contributed by atoms with Crippen LogP contribution in [0.25, 0.3) is 0 Å². The molecule has 0 saturated heterocycles. The fourth-order valence-corrected chi connectivity index (χ4v) is 1.11. The van der Waals surface area contributed by atoms with E-state index in [4.69, 9.17) is 4.74 Å². The largest absolute Gasteiger partial charge is 0.458 e. The van der Waals surface area contributed by atoms with Crippen LogP contribution in [0, 0.1) is 0 Å². The van der Waals surface area contributed by atoms with E-state index in [1.165, 1.54) is 11.1 Å². The molecule has 0 fully saturated rings. The average molecular weight is 308 g/mol. The normalized spacial score (nSPS) is 11.0. The highest BCUT2D eigenvalue weighted by atomic mass is 127. The van der Waals surface area contributed by atoms with E-state index in [1.54, 1.807) is 22.6 Å². The fourth-order valence-electron chi connectivity index (χ4n) is 0.890. The Kier molecular flexibility index (Phi) is 7.84. The smallest absolute Gasteiger partial charge is 0.367 e. The molecule has 0 aromatic heterocycles. The maximum Gasteiger partial charge on any atom is 0.367 e. The summed E-state index contributed by atoms with van der Waals surface area (Å²) in [6, 6.07) is 0. The Balaban J connectivity index is 3.67. The molecule has 2 nitrogen and oxygen atoms in total. The highest BCUT2D eigenvalue weighted by Gasteiger charge is 1.94. The third kappa shape index (κ3) is 9.77. The Morgan fingerprint density at radius 1 is 1.29 bits per heavy atom. The van der Waals surface area contributed by atoms with Gasteiger partial charge in [-0.3, -0.25) is 0 Å². The number of hydrogen-bond donors (Lipinski definition) is 0. The molecular weight excluding hydrogens is 291 g/mol. The van der Waals surface area contributed by atoms with Gasteiger partial charge in [0, 0.05) is 6.42 Å². The van der Waals surface area contributed by atoms with E-state index >= 15 is 0 Å². The Labute approximate surface area is 99.5 Å². The van der Waals surface area contributed by atoms with Crippen LogP contribution in [0.2, 0.25) is 0 Å². The van der Waals surface area contributed by atoms with Crippen molar-refractivity contribution in [3.63, 3.8) is 0 Å². The van der Waals surface area contributed by atoms with Gasteiger partial charge in [0.05, 0.1) is 29.2 Å². The van der Waals surface area contributed by atoms with Crippen LogP contribution in [0.1, 0.15) is 33.6 Å². The molecule has 0 aliphatic heterocycles. The molecule has 0 unspecified atom stereocenters. The van der Waals surface area contributed by atoms with Gasteiger partial charge in [-0.1, -0.05) is 23.3 Å². The lowest BCUT2D eigenvalue weighted by atomic mass is 10.1. The quantitative estimate of drug-likeness (QED) is 0.431. The molecule has 0 heterocycles. The van der Waals surface area contributed by atoms with Crippen molar-refractivity contribution in [2.45, 2.75) is 33.6 Å². The Bertz CT molecular complexity index is 238. The summed E-state index contributed by atoms with van der Waals surface area (Å²) >= 11 is 1.64. The predicted molar refractivity (Wildman–Crippen MR) is 67.8 cm³/mol. The molecule has 0 bridgehead atoms. The highest BCUT2D eigenvalue weighted by Crippen LogP contribution is 2.05. The molecule has 0 rings (SSSR count). The molecular formula is C11H17IO2. The van der Waals surface area contributed by atoms with Gasteiger partial charge in [-0.05, 0) is 27.2 Å². The van der Waals surface area contributed by atoms with Crippen LogP contribution in [0.4, 0.5) is 4.79 Å². The summed E-state index contributed by atoms with van der Waals surface area (Å²) in [6.45, 7) is 6.71. The van der Waals surface area contributed by atoms with E-state index in [9.17, 15) is 4.79 Å². The highest BCUT2D eigenvalue weighted by molar-refractivity contribution is 14.1. The Morgan fingerprint density at radius 3 is 2.43 bits per heavy atom. The van der Waals surface area contributed by atoms with Gasteiger partial charge < -0.3 is 4.74 Å². The third-order valence-electron chi connectivity index (χ3n) is 1.70. The number of allylic oxidation sites excluding steroid dienone is 3. The van der Waals surface area contributed by atoms with Crippen molar-refractivity contribution in [2.24, 2.45) is 0 Å². The molecule has 0 radical (unpaired) electrons. The molecule has 14 heavy (non-hydrogen) atoms. The van der Waals surface area contributed by atoms with Crippen LogP contribution < -0.4 is 0 Å². The molecule has 0 amide bonds. The molecule has 0 aliphatic rings. The topological polar surface area (TPSA) is 26.3 Å². The lowest BCUT2D eigenvalue weighted by Gasteiger charge is -2.00. The zero-order chi connectivity index (χ0) is 11.0. The van der Waals surface area contributed by atoms with Gasteiger partial charge in [0.1, 0.15) is 0 Å². The van der Waals surface area contributed by atoms with Gasteiger partial charge >= 0.3 is 3.98 Å². The summed E-state index contributed by atoms with van der Waals surface area (Å²) in [5.41, 5.74) is 2.59. The van der Waals surface area contributed by atoms with Crippen LogP contribution in [0.15, 0.2) is 23.3 Å². The minimum atomic E-state index is -0.236. The first-order chi connectivity index (χ1) is 6.52. The first kappa shape index (κ1) is 13.7. The van der Waals surface area contributed by atoms with E-state index in [1.807, 2.05) is 0 Å². The molecule has 0 aromatic carbocycles. The van der Waals surface area contributed by atoms with Crippen molar-refractivity contribution in [1.29, 1.82) is 0 Å². The first-order valence-electron chi connectivity index (χ1n) is 4.63. The Morgan fingerprint density at radius 2 is 1.93 bits per heavy atom. The van der Waals surface area contributed by atoms with Gasteiger partial charge in [0.25, 0.3) is 0 Å². The van der Waals surface area contributed by atoms with Gasteiger partial charge in [-0.2, -0.15) is 0 Å². The zero-order valence-corrected chi connectivity index (χ0v) is 11.1. The molecule has 0 aromatic rings. The second kappa shape index (κ2) is 8.03. The maximum atomic E-state index is 10.5. The van der Waals surface area contributed by atoms with Gasteiger partial charge in [0.15, 0.2) is 0 Å². The van der Waals surface area contributed by atoms with Gasteiger partial charge in [-0.15, -0.1) is 0 Å². The second-order valence-corrected chi connectivity index (χ2v) is 4.28. The van der Waals surface area contributed by atoms with Crippen molar-refractivity contribution in [2.75, 3.05) is 6.61 Å². The molecule has 0 N–H and O–H groups in total. The van der Waals surface area contributed by atoms with E-state index in [0.29, 0.717) is 6.61 Å². The molecule has 0 saturated carbocycles. The van der Waals surface area contributed by atoms with Crippen LogP contribution in [-0.2, 0) is 4.74 Å². The Hall–Kier alpha value is -0.320. The molecule has 0 spiro atoms. The summed E-state index contributed by atoms with van der Waals surface area (Å²) in [4.78, 5) is 10.5. The third-order valence-corrected chi connectivity index (χ3v) is 2.02. The summed E-state index contributed by atoms with van der Waals surface area (Å²) in [7, 11) is 0. The lowest BCUT2D eigenvalue weighted by Crippen LogP contribution is -1.96. The van der Waals surface area contributed by atoms with Crippen LogP contribution >= 0.6 is 22.6 Å². The average Bonchev–Trinajstić information content (AvgIpc) is 2.02. The molecule has 0 aliphatic carbocycles. The number of carbonyl (C=O) groups is 1. The summed E-state index contributed by atoms with van der Waals surface area (Å²) in [6.07, 6.45) is 6.12. The molecule has 0 atom stereocenters. The number of ether oxygens (including phenoxy) is 1.